The normalized spacial score (nSPS) is 20.8. The molecule has 0 aliphatic carbocycles. The van der Waals surface area contributed by atoms with Crippen molar-refractivity contribution in [3.63, 3.8) is 0 Å². The van der Waals surface area contributed by atoms with Crippen LogP contribution < -0.4 is 5.56 Å². The van der Waals surface area contributed by atoms with E-state index < -0.39 is 27.1 Å². The number of hydrogen-bond acceptors (Lipinski definition) is 5. The molecule has 1 aliphatic rings. The summed E-state index contributed by atoms with van der Waals surface area (Å²) in [5.41, 5.74) is -1.15. The Labute approximate surface area is 115 Å². The third-order valence-electron chi connectivity index (χ3n) is 3.29. The number of rotatable bonds is 3. The van der Waals surface area contributed by atoms with Gasteiger partial charge in [0.25, 0.3) is 5.56 Å². The first-order chi connectivity index (χ1) is 9.29. The van der Waals surface area contributed by atoms with Crippen LogP contribution in [0.2, 0.25) is 0 Å². The number of aromatic carboxylic acids is 1. The number of aromatic amines is 1. The van der Waals surface area contributed by atoms with Crippen LogP contribution in [-0.4, -0.2) is 53.1 Å². The molecule has 0 spiro atoms. The summed E-state index contributed by atoms with van der Waals surface area (Å²) in [5.74, 6) is -1.24. The van der Waals surface area contributed by atoms with Crippen molar-refractivity contribution in [2.75, 3.05) is 19.3 Å². The molecule has 1 saturated heterocycles. The van der Waals surface area contributed by atoms with Crippen LogP contribution in [0.4, 0.5) is 0 Å². The van der Waals surface area contributed by atoms with Gasteiger partial charge in [-0.25, -0.2) is 22.5 Å². The minimum absolute atomic E-state index is 0.228. The Kier molecular flexibility index (Phi) is 3.91. The van der Waals surface area contributed by atoms with Crippen molar-refractivity contribution in [2.24, 2.45) is 0 Å². The van der Waals surface area contributed by atoms with Crippen molar-refractivity contribution < 1.29 is 18.3 Å². The Balaban J connectivity index is 2.26. The zero-order valence-electron chi connectivity index (χ0n) is 10.9. The van der Waals surface area contributed by atoms with Crippen molar-refractivity contribution in [3.8, 4) is 0 Å². The van der Waals surface area contributed by atoms with Crippen LogP contribution >= 0.6 is 0 Å². The fourth-order valence-electron chi connectivity index (χ4n) is 2.24. The third kappa shape index (κ3) is 3.05. The number of piperidine rings is 1. The molecule has 0 saturated carbocycles. The number of sulfonamides is 1. The van der Waals surface area contributed by atoms with E-state index in [1.54, 1.807) is 0 Å². The van der Waals surface area contributed by atoms with Crippen LogP contribution in [0.5, 0.6) is 0 Å². The minimum Gasteiger partial charge on any atom is -0.477 e. The maximum Gasteiger partial charge on any atom is 0.342 e. The van der Waals surface area contributed by atoms with E-state index in [-0.39, 0.29) is 12.5 Å². The van der Waals surface area contributed by atoms with Crippen molar-refractivity contribution in [3.05, 3.63) is 27.9 Å². The molecule has 1 atom stereocenters. The lowest BCUT2D eigenvalue weighted by molar-refractivity contribution is 0.0694. The van der Waals surface area contributed by atoms with Crippen LogP contribution in [0.3, 0.4) is 0 Å². The molecule has 2 rings (SSSR count). The van der Waals surface area contributed by atoms with E-state index >= 15 is 0 Å². The fourth-order valence-corrected chi connectivity index (χ4v) is 3.15. The molecular formula is C11H15N3O5S. The van der Waals surface area contributed by atoms with E-state index in [2.05, 4.69) is 9.97 Å². The molecule has 9 heteroatoms. The van der Waals surface area contributed by atoms with E-state index in [9.17, 15) is 18.0 Å². The molecule has 0 aromatic carbocycles. The Bertz CT molecular complexity index is 682. The van der Waals surface area contributed by atoms with E-state index in [0.29, 0.717) is 25.2 Å². The molecule has 8 nitrogen and oxygen atoms in total. The van der Waals surface area contributed by atoms with Gasteiger partial charge in [-0.2, -0.15) is 0 Å². The lowest BCUT2D eigenvalue weighted by Gasteiger charge is -2.30. The maximum absolute atomic E-state index is 11.6. The summed E-state index contributed by atoms with van der Waals surface area (Å²) in [6.45, 7) is 0.695. The zero-order valence-corrected chi connectivity index (χ0v) is 11.7. The Morgan fingerprint density at radius 2 is 2.25 bits per heavy atom. The van der Waals surface area contributed by atoms with Gasteiger partial charge < -0.3 is 10.1 Å². The molecule has 1 aromatic rings. The minimum atomic E-state index is -3.28. The van der Waals surface area contributed by atoms with E-state index in [4.69, 9.17) is 5.11 Å². The zero-order chi connectivity index (χ0) is 14.9. The summed E-state index contributed by atoms with van der Waals surface area (Å²) in [6, 6.07) is 0. The van der Waals surface area contributed by atoms with E-state index in [1.165, 1.54) is 4.31 Å². The summed E-state index contributed by atoms with van der Waals surface area (Å²) in [4.78, 5) is 28.7. The predicted molar refractivity (Wildman–Crippen MR) is 70.2 cm³/mol. The first kappa shape index (κ1) is 14.7. The molecule has 2 heterocycles. The van der Waals surface area contributed by atoms with Gasteiger partial charge in [-0.1, -0.05) is 0 Å². The number of carboxylic acid groups (broad SMARTS) is 1. The SMILES string of the molecule is CS(=O)(=O)N1CCC[C@H](c2ncc(C(=O)O)c(=O)[nH]2)C1. The first-order valence-electron chi connectivity index (χ1n) is 6.06. The molecule has 1 fully saturated rings. The maximum atomic E-state index is 11.6. The van der Waals surface area contributed by atoms with Crippen molar-refractivity contribution in [1.82, 2.24) is 14.3 Å². The highest BCUT2D eigenvalue weighted by atomic mass is 32.2. The number of hydrogen-bond donors (Lipinski definition) is 2. The second-order valence-electron chi connectivity index (χ2n) is 4.78. The molecule has 0 amide bonds. The quantitative estimate of drug-likeness (QED) is 0.784. The lowest BCUT2D eigenvalue weighted by atomic mass is 9.99. The summed E-state index contributed by atoms with van der Waals surface area (Å²) < 4.78 is 24.4. The Hall–Kier alpha value is -1.74. The lowest BCUT2D eigenvalue weighted by Crippen LogP contribution is -2.39. The van der Waals surface area contributed by atoms with Crippen LogP contribution in [-0.2, 0) is 10.0 Å². The molecule has 2 N–H and O–H groups in total. The van der Waals surface area contributed by atoms with Gasteiger partial charge in [-0.05, 0) is 12.8 Å². The largest absolute Gasteiger partial charge is 0.477 e. The second kappa shape index (κ2) is 5.33. The van der Waals surface area contributed by atoms with Gasteiger partial charge in [0.15, 0.2) is 0 Å². The fraction of sp³-hybridized carbons (Fsp3) is 0.545. The van der Waals surface area contributed by atoms with Gasteiger partial charge in [-0.3, -0.25) is 4.79 Å². The highest BCUT2D eigenvalue weighted by Gasteiger charge is 2.28. The van der Waals surface area contributed by atoms with Gasteiger partial charge in [-0.15, -0.1) is 0 Å². The van der Waals surface area contributed by atoms with E-state index in [0.717, 1.165) is 12.5 Å². The number of carboxylic acids is 1. The van der Waals surface area contributed by atoms with Crippen LogP contribution in [0, 0.1) is 0 Å². The van der Waals surface area contributed by atoms with Crippen LogP contribution in [0.1, 0.15) is 34.9 Å². The summed E-state index contributed by atoms with van der Waals surface area (Å²) in [6.07, 6.45) is 3.51. The number of H-pyrrole nitrogens is 1. The van der Waals surface area contributed by atoms with Gasteiger partial charge in [0.1, 0.15) is 11.4 Å². The number of nitrogens with zero attached hydrogens (tertiary/aromatic N) is 2. The number of aromatic nitrogens is 2. The molecule has 0 radical (unpaired) electrons. The van der Waals surface area contributed by atoms with Gasteiger partial charge in [0.05, 0.1) is 6.26 Å². The number of nitrogens with one attached hydrogen (secondary N) is 1. The average Bonchev–Trinajstić information content (AvgIpc) is 2.37. The summed E-state index contributed by atoms with van der Waals surface area (Å²) in [7, 11) is -3.28. The predicted octanol–water partition coefficient (Wildman–Crippen LogP) is -0.393. The van der Waals surface area contributed by atoms with E-state index in [1.807, 2.05) is 0 Å². The molecule has 1 aromatic heterocycles. The molecule has 20 heavy (non-hydrogen) atoms. The Morgan fingerprint density at radius 3 is 2.80 bits per heavy atom. The van der Waals surface area contributed by atoms with Crippen molar-refractivity contribution >= 4 is 16.0 Å². The van der Waals surface area contributed by atoms with Crippen LogP contribution in [0.25, 0.3) is 0 Å². The van der Waals surface area contributed by atoms with Gasteiger partial charge in [0.2, 0.25) is 10.0 Å². The molecular weight excluding hydrogens is 286 g/mol. The standard InChI is InChI=1S/C11H15N3O5S/c1-20(18,19)14-4-2-3-7(6-14)9-12-5-8(11(16)17)10(15)13-9/h5,7H,2-4,6H2,1H3,(H,16,17)(H,12,13,15)/t7-/m0/s1. The Morgan fingerprint density at radius 1 is 1.55 bits per heavy atom. The second-order valence-corrected chi connectivity index (χ2v) is 6.76. The molecule has 110 valence electrons. The first-order valence-corrected chi connectivity index (χ1v) is 7.91. The van der Waals surface area contributed by atoms with Gasteiger partial charge in [0, 0.05) is 25.2 Å². The molecule has 1 aliphatic heterocycles. The monoisotopic (exact) mass is 301 g/mol. The molecule has 0 unspecified atom stereocenters. The van der Waals surface area contributed by atoms with Crippen LogP contribution in [0.15, 0.2) is 11.0 Å². The third-order valence-corrected chi connectivity index (χ3v) is 4.56. The highest BCUT2D eigenvalue weighted by molar-refractivity contribution is 7.88. The summed E-state index contributed by atoms with van der Waals surface area (Å²) in [5, 5.41) is 8.77. The topological polar surface area (TPSA) is 120 Å². The molecule has 0 bridgehead atoms. The van der Waals surface area contributed by atoms with Crippen molar-refractivity contribution in [1.29, 1.82) is 0 Å². The van der Waals surface area contributed by atoms with Crippen molar-refractivity contribution in [2.45, 2.75) is 18.8 Å². The summed E-state index contributed by atoms with van der Waals surface area (Å²) >= 11 is 0. The average molecular weight is 301 g/mol. The van der Waals surface area contributed by atoms with Gasteiger partial charge >= 0.3 is 5.97 Å². The highest BCUT2D eigenvalue weighted by Crippen LogP contribution is 2.25. The number of carbonyl (C=O) groups is 1. The smallest absolute Gasteiger partial charge is 0.342 e.